The van der Waals surface area contributed by atoms with E-state index in [4.69, 9.17) is 22.1 Å². The quantitative estimate of drug-likeness (QED) is 0.462. The first kappa shape index (κ1) is 24.1. The third-order valence-electron chi connectivity index (χ3n) is 5.66. The van der Waals surface area contributed by atoms with Gasteiger partial charge in [0.25, 0.3) is 5.91 Å². The number of amidine groups is 1. The number of anilines is 1. The molecule has 1 aliphatic rings. The molecule has 3 rings (SSSR count). The first-order valence-corrected chi connectivity index (χ1v) is 11.8. The number of nitrogens with zero attached hydrogens (tertiary/aromatic N) is 2. The maximum absolute atomic E-state index is 14.5. The van der Waals surface area contributed by atoms with Gasteiger partial charge in [0.1, 0.15) is 22.1 Å². The molecule has 1 heterocycles. The van der Waals surface area contributed by atoms with E-state index in [2.05, 4.69) is 15.3 Å². The zero-order valence-corrected chi connectivity index (χ0v) is 19.4. The molecule has 8 nitrogen and oxygen atoms in total. The number of halogens is 2. The fourth-order valence-corrected chi connectivity index (χ4v) is 6.15. The lowest BCUT2D eigenvalue weighted by Gasteiger charge is -2.45. The number of rotatable bonds is 7. The number of carbonyl (C=O) groups is 1. The molecule has 0 bridgehead atoms. The van der Waals surface area contributed by atoms with Crippen molar-refractivity contribution >= 4 is 38.9 Å². The second-order valence-corrected chi connectivity index (χ2v) is 10.4. The van der Waals surface area contributed by atoms with Crippen LogP contribution in [0.25, 0.3) is 0 Å². The number of aliphatic imine (C=N–C) groups is 1. The van der Waals surface area contributed by atoms with Crippen molar-refractivity contribution in [1.82, 2.24) is 4.98 Å². The topological polar surface area (TPSA) is 124 Å². The molecule has 3 N–H and O–H groups in total. The van der Waals surface area contributed by atoms with Crippen LogP contribution in [0.3, 0.4) is 0 Å². The second kappa shape index (κ2) is 9.13. The number of benzene rings is 1. The highest BCUT2D eigenvalue weighted by atomic mass is 35.5. The molecule has 1 aromatic carbocycles. The highest BCUT2D eigenvalue weighted by Gasteiger charge is 2.57. The smallest absolute Gasteiger partial charge is 0.274 e. The first-order chi connectivity index (χ1) is 15.0. The Morgan fingerprint density at radius 1 is 1.41 bits per heavy atom. The minimum atomic E-state index is -3.94. The van der Waals surface area contributed by atoms with Crippen LogP contribution in [0.2, 0.25) is 5.02 Å². The van der Waals surface area contributed by atoms with Gasteiger partial charge in [-0.3, -0.25) is 9.79 Å². The Hall–Kier alpha value is -2.56. The van der Waals surface area contributed by atoms with Crippen molar-refractivity contribution in [2.45, 2.75) is 36.4 Å². The van der Waals surface area contributed by atoms with Gasteiger partial charge in [-0.15, -0.1) is 0 Å². The molecule has 1 fully saturated rings. The maximum Gasteiger partial charge on any atom is 0.274 e. The summed E-state index contributed by atoms with van der Waals surface area (Å²) in [6, 6.07) is 5.33. The Morgan fingerprint density at radius 2 is 2.09 bits per heavy atom. The summed E-state index contributed by atoms with van der Waals surface area (Å²) >= 11 is 5.87. The molecule has 1 aromatic heterocycles. The van der Waals surface area contributed by atoms with E-state index in [0.717, 1.165) is 6.07 Å². The van der Waals surface area contributed by atoms with Crippen molar-refractivity contribution in [2.75, 3.05) is 19.5 Å². The van der Waals surface area contributed by atoms with E-state index < -0.39 is 32.1 Å². The predicted molar refractivity (Wildman–Crippen MR) is 121 cm³/mol. The van der Waals surface area contributed by atoms with Crippen molar-refractivity contribution in [2.24, 2.45) is 10.7 Å². The summed E-state index contributed by atoms with van der Waals surface area (Å²) in [7, 11) is -1.04. The number of hydrogen-bond acceptors (Lipinski definition) is 6. The Labute approximate surface area is 191 Å². The minimum Gasteiger partial charge on any atom is -0.386 e. The lowest BCUT2D eigenvalue weighted by molar-refractivity contribution is 0.0300. The molecular formula is C21H24ClFN4O4S. The summed E-state index contributed by atoms with van der Waals surface area (Å²) in [4.78, 5) is 20.5. The number of nitrogens with two attached hydrogens (primary N) is 1. The van der Waals surface area contributed by atoms with Gasteiger partial charge < -0.3 is 15.8 Å². The third-order valence-corrected chi connectivity index (χ3v) is 8.29. The van der Waals surface area contributed by atoms with Crippen LogP contribution in [-0.2, 0) is 20.3 Å². The number of aromatic nitrogens is 1. The van der Waals surface area contributed by atoms with Crippen LogP contribution in [0, 0.1) is 12.7 Å². The molecule has 1 saturated carbocycles. The van der Waals surface area contributed by atoms with E-state index in [0.29, 0.717) is 10.6 Å². The van der Waals surface area contributed by atoms with Crippen LogP contribution in [0.15, 0.2) is 35.5 Å². The van der Waals surface area contributed by atoms with E-state index in [9.17, 15) is 17.6 Å². The third kappa shape index (κ3) is 4.48. The molecule has 0 aliphatic heterocycles. The largest absolute Gasteiger partial charge is 0.386 e. The summed E-state index contributed by atoms with van der Waals surface area (Å²) in [6.07, 6.45) is 1.37. The van der Waals surface area contributed by atoms with E-state index in [-0.39, 0.29) is 41.7 Å². The molecular weight excluding hydrogens is 459 g/mol. The van der Waals surface area contributed by atoms with Gasteiger partial charge in [-0.25, -0.2) is 17.8 Å². The Kier molecular flexibility index (Phi) is 6.87. The summed E-state index contributed by atoms with van der Waals surface area (Å²) in [5.41, 5.74) is 6.80. The number of carbonyl (C=O) groups excluding carboxylic acids is 1. The van der Waals surface area contributed by atoms with E-state index in [1.165, 1.54) is 32.5 Å². The number of pyridine rings is 1. The van der Waals surface area contributed by atoms with Gasteiger partial charge in [-0.05, 0) is 36.8 Å². The SMILES string of the molecule is CN=C(N)C1(S(=O)(=O)Cc2cc(NC(=O)c3ncc(Cl)cc3C)ccc2F)CC(OC)C1. The van der Waals surface area contributed by atoms with E-state index >= 15 is 0 Å². The average molecular weight is 483 g/mol. The highest BCUT2D eigenvalue weighted by molar-refractivity contribution is 7.93. The van der Waals surface area contributed by atoms with E-state index in [1.807, 2.05) is 0 Å². The minimum absolute atomic E-state index is 0.0278. The molecule has 172 valence electrons. The molecule has 0 saturated heterocycles. The van der Waals surface area contributed by atoms with Gasteiger partial charge in [0, 0.05) is 44.4 Å². The summed E-state index contributed by atoms with van der Waals surface area (Å²) in [5.74, 6) is -1.87. The van der Waals surface area contributed by atoms with Crippen molar-refractivity contribution < 1.29 is 22.3 Å². The number of ether oxygens (including phenoxy) is 1. The second-order valence-electron chi connectivity index (χ2n) is 7.71. The van der Waals surface area contributed by atoms with Gasteiger partial charge in [0.15, 0.2) is 9.84 Å². The fourth-order valence-electron chi connectivity index (χ4n) is 3.74. The molecule has 1 aliphatic carbocycles. The van der Waals surface area contributed by atoms with Gasteiger partial charge in [-0.1, -0.05) is 11.6 Å². The number of sulfone groups is 1. The average Bonchev–Trinajstić information content (AvgIpc) is 2.69. The molecule has 0 atom stereocenters. The molecule has 1 amide bonds. The van der Waals surface area contributed by atoms with Crippen molar-refractivity contribution in [3.8, 4) is 0 Å². The van der Waals surface area contributed by atoms with Gasteiger partial charge in [0.2, 0.25) is 0 Å². The van der Waals surface area contributed by atoms with Crippen LogP contribution in [-0.4, -0.2) is 50.2 Å². The van der Waals surface area contributed by atoms with Crippen LogP contribution in [0.4, 0.5) is 10.1 Å². The predicted octanol–water partition coefficient (Wildman–Crippen LogP) is 2.88. The van der Waals surface area contributed by atoms with Gasteiger partial charge >= 0.3 is 0 Å². The molecule has 0 spiro atoms. The molecule has 11 heteroatoms. The molecule has 2 aromatic rings. The lowest BCUT2D eigenvalue weighted by atomic mass is 9.80. The highest BCUT2D eigenvalue weighted by Crippen LogP contribution is 2.43. The standard InChI is InChI=1S/C21H24ClFN4O4S/c1-12-6-14(22)10-26-18(12)19(28)27-15-4-5-17(23)13(7-15)11-32(29,30)21(20(24)25-2)8-16(9-21)31-3/h4-7,10,16H,8-9,11H2,1-3H3,(H2,24,25)(H,27,28). The normalized spacial score (nSPS) is 21.2. The Balaban J connectivity index is 1.86. The van der Waals surface area contributed by atoms with Crippen molar-refractivity contribution in [1.29, 1.82) is 0 Å². The maximum atomic E-state index is 14.5. The van der Waals surface area contributed by atoms with Crippen LogP contribution >= 0.6 is 11.6 Å². The summed E-state index contributed by atoms with van der Waals surface area (Å²) in [6.45, 7) is 1.68. The van der Waals surface area contributed by atoms with Crippen LogP contribution in [0.1, 0.15) is 34.5 Å². The number of hydrogen-bond donors (Lipinski definition) is 2. The number of aryl methyl sites for hydroxylation is 1. The zero-order valence-electron chi connectivity index (χ0n) is 17.9. The first-order valence-electron chi connectivity index (χ1n) is 9.72. The lowest BCUT2D eigenvalue weighted by Crippen LogP contribution is -2.61. The number of amides is 1. The monoisotopic (exact) mass is 482 g/mol. The molecule has 32 heavy (non-hydrogen) atoms. The Bertz CT molecular complexity index is 1180. The van der Waals surface area contributed by atoms with Crippen LogP contribution in [0.5, 0.6) is 0 Å². The Morgan fingerprint density at radius 3 is 2.69 bits per heavy atom. The van der Waals surface area contributed by atoms with Crippen LogP contribution < -0.4 is 11.1 Å². The van der Waals surface area contributed by atoms with Gasteiger partial charge in [0.05, 0.1) is 16.9 Å². The van der Waals surface area contributed by atoms with Crippen molar-refractivity contribution in [3.63, 3.8) is 0 Å². The molecule has 0 radical (unpaired) electrons. The number of methoxy groups -OCH3 is 1. The summed E-state index contributed by atoms with van der Waals surface area (Å²) < 4.78 is 44.8. The van der Waals surface area contributed by atoms with E-state index in [1.54, 1.807) is 13.0 Å². The zero-order chi connectivity index (χ0) is 23.7. The number of nitrogens with one attached hydrogen (secondary N) is 1. The van der Waals surface area contributed by atoms with Gasteiger partial charge in [-0.2, -0.15) is 0 Å². The van der Waals surface area contributed by atoms with Crippen molar-refractivity contribution in [3.05, 3.63) is 58.1 Å². The summed E-state index contributed by atoms with van der Waals surface area (Å²) in [5, 5.41) is 3.01. The molecule has 0 unspecified atom stereocenters. The fraction of sp³-hybridized carbons (Fsp3) is 0.381.